The van der Waals surface area contributed by atoms with Crippen LogP contribution >= 0.6 is 23.2 Å². The second-order valence-electron chi connectivity index (χ2n) is 8.14. The van der Waals surface area contributed by atoms with Crippen LogP contribution in [0, 0.1) is 5.82 Å². The van der Waals surface area contributed by atoms with Crippen molar-refractivity contribution >= 4 is 39.1 Å². The highest BCUT2D eigenvalue weighted by Gasteiger charge is 2.30. The zero-order valence-electron chi connectivity index (χ0n) is 18.2. The number of amides is 1. The molecule has 1 N–H and O–H groups in total. The number of fused-ring (bicyclic) bond motifs is 1. The van der Waals surface area contributed by atoms with Crippen LogP contribution in [0.1, 0.15) is 35.6 Å². The van der Waals surface area contributed by atoms with Crippen LogP contribution in [0.2, 0.25) is 10.0 Å². The van der Waals surface area contributed by atoms with E-state index in [1.807, 2.05) is 24.3 Å². The third-order valence-corrected chi connectivity index (χ3v) is 8.28. The molecular weight excluding hydrogens is 498 g/mol. The number of hydrogen-bond acceptors (Lipinski definition) is 3. The van der Waals surface area contributed by atoms with E-state index >= 15 is 0 Å². The Labute approximate surface area is 208 Å². The molecule has 0 radical (unpaired) electrons. The summed E-state index contributed by atoms with van der Waals surface area (Å²) >= 11 is 12.1. The van der Waals surface area contributed by atoms with Crippen molar-refractivity contribution in [3.05, 3.63) is 99.3 Å². The van der Waals surface area contributed by atoms with Crippen LogP contribution < -0.4 is 5.32 Å². The van der Waals surface area contributed by atoms with E-state index < -0.39 is 34.8 Å². The SMILES string of the molecule is O=C(CN(Cc1c(F)cccc1Cl)S(=O)(=O)c1ccc(Cl)cc1)N[C@H]1CCCc2ccccc21. The number of rotatable bonds is 7. The highest BCUT2D eigenvalue weighted by molar-refractivity contribution is 7.89. The number of nitrogens with zero attached hydrogens (tertiary/aromatic N) is 1. The van der Waals surface area contributed by atoms with Crippen LogP contribution in [0.4, 0.5) is 4.39 Å². The Balaban J connectivity index is 1.62. The number of halogens is 3. The molecule has 0 bridgehead atoms. The van der Waals surface area contributed by atoms with Gasteiger partial charge in [0.1, 0.15) is 5.82 Å². The molecule has 178 valence electrons. The van der Waals surface area contributed by atoms with Crippen molar-refractivity contribution in [2.24, 2.45) is 0 Å². The van der Waals surface area contributed by atoms with E-state index in [-0.39, 0.29) is 21.5 Å². The molecule has 0 aromatic heterocycles. The van der Waals surface area contributed by atoms with Gasteiger partial charge in [0.05, 0.1) is 17.5 Å². The smallest absolute Gasteiger partial charge is 0.243 e. The first kappa shape index (κ1) is 24.7. The topological polar surface area (TPSA) is 66.5 Å². The fourth-order valence-electron chi connectivity index (χ4n) is 4.15. The molecule has 0 unspecified atom stereocenters. The van der Waals surface area contributed by atoms with E-state index in [0.29, 0.717) is 5.02 Å². The Kier molecular flexibility index (Phi) is 7.57. The number of aryl methyl sites for hydroxylation is 1. The predicted octanol–water partition coefficient (Wildman–Crippen LogP) is 5.52. The van der Waals surface area contributed by atoms with Crippen molar-refractivity contribution < 1.29 is 17.6 Å². The minimum atomic E-state index is -4.16. The highest BCUT2D eigenvalue weighted by atomic mass is 35.5. The van der Waals surface area contributed by atoms with Gasteiger partial charge in [-0.15, -0.1) is 0 Å². The zero-order chi connectivity index (χ0) is 24.3. The van der Waals surface area contributed by atoms with Gasteiger partial charge in [0.15, 0.2) is 0 Å². The molecule has 9 heteroatoms. The Bertz CT molecular complexity index is 1280. The molecular formula is C25H23Cl2FN2O3S. The Morgan fingerprint density at radius 2 is 1.76 bits per heavy atom. The Morgan fingerprint density at radius 1 is 1.03 bits per heavy atom. The minimum Gasteiger partial charge on any atom is -0.348 e. The summed E-state index contributed by atoms with van der Waals surface area (Å²) in [5, 5.41) is 3.41. The molecule has 5 nitrogen and oxygen atoms in total. The van der Waals surface area contributed by atoms with Gasteiger partial charge < -0.3 is 5.32 Å². The van der Waals surface area contributed by atoms with Gasteiger partial charge in [-0.25, -0.2) is 12.8 Å². The fourth-order valence-corrected chi connectivity index (χ4v) is 5.86. The quantitative estimate of drug-likeness (QED) is 0.446. The zero-order valence-corrected chi connectivity index (χ0v) is 20.5. The molecule has 0 saturated carbocycles. The molecule has 0 heterocycles. The minimum absolute atomic E-state index is 0.00230. The standard InChI is InChI=1S/C25H23Cl2FN2O3S/c26-18-11-13-19(14-12-18)34(32,33)30(15-21-22(27)8-4-9-23(21)28)16-25(31)29-24-10-3-6-17-5-1-2-7-20(17)24/h1-2,4-5,7-9,11-14,24H,3,6,10,15-16H2,(H,29,31)/t24-/m0/s1. The summed E-state index contributed by atoms with van der Waals surface area (Å²) in [6.45, 7) is -0.889. The fraction of sp³-hybridized carbons (Fsp3) is 0.240. The van der Waals surface area contributed by atoms with Crippen LogP contribution in [0.5, 0.6) is 0 Å². The van der Waals surface area contributed by atoms with Gasteiger partial charge in [-0.3, -0.25) is 4.79 Å². The van der Waals surface area contributed by atoms with Gasteiger partial charge in [-0.1, -0.05) is 53.5 Å². The van der Waals surface area contributed by atoms with Gasteiger partial charge in [-0.2, -0.15) is 4.31 Å². The van der Waals surface area contributed by atoms with E-state index in [1.54, 1.807) is 0 Å². The number of carbonyl (C=O) groups excluding carboxylic acids is 1. The van der Waals surface area contributed by atoms with Gasteiger partial charge in [0.2, 0.25) is 15.9 Å². The molecule has 34 heavy (non-hydrogen) atoms. The van der Waals surface area contributed by atoms with Crippen molar-refractivity contribution in [3.63, 3.8) is 0 Å². The lowest BCUT2D eigenvalue weighted by Gasteiger charge is -2.28. The maximum absolute atomic E-state index is 14.5. The predicted molar refractivity (Wildman–Crippen MR) is 131 cm³/mol. The van der Waals surface area contributed by atoms with Gasteiger partial charge >= 0.3 is 0 Å². The largest absolute Gasteiger partial charge is 0.348 e. The summed E-state index contributed by atoms with van der Waals surface area (Å²) < 4.78 is 42.3. The number of carbonyl (C=O) groups is 1. The number of sulfonamides is 1. The number of hydrogen-bond donors (Lipinski definition) is 1. The molecule has 1 atom stereocenters. The molecule has 1 aliphatic carbocycles. The monoisotopic (exact) mass is 520 g/mol. The molecule has 0 saturated heterocycles. The molecule has 1 amide bonds. The molecule has 1 aliphatic rings. The summed E-state index contributed by atoms with van der Waals surface area (Å²) in [7, 11) is -4.16. The number of benzene rings is 3. The second kappa shape index (κ2) is 10.4. The van der Waals surface area contributed by atoms with Crippen LogP contribution in [0.25, 0.3) is 0 Å². The summed E-state index contributed by atoms with van der Waals surface area (Å²) in [5.74, 6) is -1.13. The first-order valence-electron chi connectivity index (χ1n) is 10.8. The first-order chi connectivity index (χ1) is 16.3. The van der Waals surface area contributed by atoms with E-state index in [1.165, 1.54) is 48.0 Å². The van der Waals surface area contributed by atoms with Crippen molar-refractivity contribution in [1.82, 2.24) is 9.62 Å². The van der Waals surface area contributed by atoms with Gasteiger partial charge in [0.25, 0.3) is 0 Å². The summed E-state index contributed by atoms with van der Waals surface area (Å²) in [5.41, 5.74) is 2.20. The Morgan fingerprint density at radius 3 is 2.50 bits per heavy atom. The average Bonchev–Trinajstić information content (AvgIpc) is 2.81. The van der Waals surface area contributed by atoms with Crippen molar-refractivity contribution in [2.45, 2.75) is 36.7 Å². The van der Waals surface area contributed by atoms with E-state index in [0.717, 1.165) is 29.1 Å². The van der Waals surface area contributed by atoms with Crippen molar-refractivity contribution in [2.75, 3.05) is 6.54 Å². The second-order valence-corrected chi connectivity index (χ2v) is 10.9. The van der Waals surface area contributed by atoms with Crippen molar-refractivity contribution in [3.8, 4) is 0 Å². The third-order valence-electron chi connectivity index (χ3n) is 5.87. The average molecular weight is 521 g/mol. The number of nitrogens with one attached hydrogen (secondary N) is 1. The van der Waals surface area contributed by atoms with Gasteiger partial charge in [-0.05, 0) is 66.8 Å². The van der Waals surface area contributed by atoms with Gasteiger partial charge in [0, 0.05) is 22.2 Å². The van der Waals surface area contributed by atoms with Crippen LogP contribution in [-0.2, 0) is 27.8 Å². The normalized spacial score (nSPS) is 15.7. The van der Waals surface area contributed by atoms with Crippen LogP contribution in [0.3, 0.4) is 0 Å². The molecule has 3 aromatic rings. The Hall–Kier alpha value is -2.45. The molecule has 0 aliphatic heterocycles. The summed E-state index contributed by atoms with van der Waals surface area (Å²) in [6.07, 6.45) is 2.61. The molecule has 0 spiro atoms. The molecule has 4 rings (SSSR count). The lowest BCUT2D eigenvalue weighted by molar-refractivity contribution is -0.122. The first-order valence-corrected chi connectivity index (χ1v) is 13.0. The van der Waals surface area contributed by atoms with Crippen LogP contribution in [0.15, 0.2) is 71.6 Å². The summed E-state index contributed by atoms with van der Waals surface area (Å²) in [6, 6.07) is 17.4. The molecule has 0 fully saturated rings. The third kappa shape index (κ3) is 5.44. The summed E-state index contributed by atoms with van der Waals surface area (Å²) in [4.78, 5) is 13.0. The molecule has 3 aromatic carbocycles. The van der Waals surface area contributed by atoms with Crippen molar-refractivity contribution in [1.29, 1.82) is 0 Å². The maximum atomic E-state index is 14.5. The lowest BCUT2D eigenvalue weighted by Crippen LogP contribution is -2.42. The van der Waals surface area contributed by atoms with E-state index in [9.17, 15) is 17.6 Å². The van der Waals surface area contributed by atoms with E-state index in [4.69, 9.17) is 23.2 Å². The van der Waals surface area contributed by atoms with Crippen LogP contribution in [-0.4, -0.2) is 25.2 Å². The maximum Gasteiger partial charge on any atom is 0.243 e. The lowest BCUT2D eigenvalue weighted by atomic mass is 9.88. The van der Waals surface area contributed by atoms with E-state index in [2.05, 4.69) is 5.32 Å². The highest BCUT2D eigenvalue weighted by Crippen LogP contribution is 2.30.